The van der Waals surface area contributed by atoms with Gasteiger partial charge in [-0.25, -0.2) is 0 Å². The third-order valence-electron chi connectivity index (χ3n) is 12.7. The molecular formula is C62H110O6. The summed E-state index contributed by atoms with van der Waals surface area (Å²) < 4.78 is 16.8. The van der Waals surface area contributed by atoms with Crippen LogP contribution >= 0.6 is 0 Å². The molecule has 0 radical (unpaired) electrons. The molecule has 0 heterocycles. The second-order valence-electron chi connectivity index (χ2n) is 19.6. The third-order valence-corrected chi connectivity index (χ3v) is 12.7. The Balaban J connectivity index is 4.42. The van der Waals surface area contributed by atoms with Gasteiger partial charge >= 0.3 is 17.9 Å². The fraction of sp³-hybridized carbons (Fsp3) is 0.790. The predicted octanol–water partition coefficient (Wildman–Crippen LogP) is 19.6. The molecule has 0 spiro atoms. The monoisotopic (exact) mass is 951 g/mol. The fourth-order valence-corrected chi connectivity index (χ4v) is 8.31. The molecule has 0 saturated carbocycles. The zero-order valence-electron chi connectivity index (χ0n) is 45.1. The number of carbonyl (C=O) groups is 3. The van der Waals surface area contributed by atoms with Crippen LogP contribution in [0, 0.1) is 0 Å². The molecule has 6 heteroatoms. The van der Waals surface area contributed by atoms with Crippen LogP contribution in [0.2, 0.25) is 0 Å². The second kappa shape index (κ2) is 56.7. The molecule has 0 aliphatic heterocycles. The molecule has 68 heavy (non-hydrogen) atoms. The lowest BCUT2D eigenvalue weighted by atomic mass is 10.0. The Bertz CT molecular complexity index is 1230. The van der Waals surface area contributed by atoms with Crippen LogP contribution in [0.5, 0.6) is 0 Å². The van der Waals surface area contributed by atoms with Crippen molar-refractivity contribution >= 4 is 17.9 Å². The number of rotatable bonds is 53. The number of unbranched alkanes of at least 4 members (excludes halogenated alkanes) is 32. The van der Waals surface area contributed by atoms with Crippen LogP contribution < -0.4 is 0 Å². The minimum atomic E-state index is -0.804. The highest BCUT2D eigenvalue weighted by Gasteiger charge is 2.19. The van der Waals surface area contributed by atoms with Crippen molar-refractivity contribution in [2.75, 3.05) is 13.2 Å². The number of hydrogen-bond donors (Lipinski definition) is 0. The van der Waals surface area contributed by atoms with Crippen molar-refractivity contribution in [1.82, 2.24) is 0 Å². The minimum Gasteiger partial charge on any atom is -0.462 e. The predicted molar refractivity (Wildman–Crippen MR) is 293 cm³/mol. The van der Waals surface area contributed by atoms with Crippen LogP contribution in [0.1, 0.15) is 297 Å². The molecule has 0 rings (SSSR count). The first-order valence-electron chi connectivity index (χ1n) is 29.3. The van der Waals surface area contributed by atoms with Crippen molar-refractivity contribution in [1.29, 1.82) is 0 Å². The summed E-state index contributed by atoms with van der Waals surface area (Å²) in [5.74, 6) is -0.949. The summed E-state index contributed by atoms with van der Waals surface area (Å²) in [6.07, 6.45) is 70.7. The van der Waals surface area contributed by atoms with Gasteiger partial charge in [0.25, 0.3) is 0 Å². The number of esters is 3. The summed E-state index contributed by atoms with van der Waals surface area (Å²) in [5.41, 5.74) is 0. The van der Waals surface area contributed by atoms with E-state index in [9.17, 15) is 14.4 Å². The van der Waals surface area contributed by atoms with E-state index in [-0.39, 0.29) is 37.5 Å². The van der Waals surface area contributed by atoms with Gasteiger partial charge in [0, 0.05) is 19.3 Å². The van der Waals surface area contributed by atoms with Crippen molar-refractivity contribution in [3.05, 3.63) is 60.8 Å². The topological polar surface area (TPSA) is 78.9 Å². The first-order valence-corrected chi connectivity index (χ1v) is 29.3. The normalized spacial score (nSPS) is 12.5. The van der Waals surface area contributed by atoms with Gasteiger partial charge in [-0.05, 0) is 83.5 Å². The maximum absolute atomic E-state index is 12.8. The number of hydrogen-bond acceptors (Lipinski definition) is 6. The fourth-order valence-electron chi connectivity index (χ4n) is 8.31. The molecule has 394 valence electrons. The van der Waals surface area contributed by atoms with Gasteiger partial charge in [0.2, 0.25) is 0 Å². The third kappa shape index (κ3) is 54.1. The Morgan fingerprint density at radius 1 is 0.294 bits per heavy atom. The lowest BCUT2D eigenvalue weighted by molar-refractivity contribution is -0.167. The molecule has 0 aliphatic rings. The molecule has 1 atom stereocenters. The summed E-state index contributed by atoms with van der Waals surface area (Å²) >= 11 is 0. The lowest BCUT2D eigenvalue weighted by Gasteiger charge is -2.18. The first-order chi connectivity index (χ1) is 33.5. The standard InChI is InChI=1S/C62H110O6/c1-4-7-10-13-16-19-22-25-28-30-31-33-34-37-40-43-46-49-52-55-61(64)67-58-59(57-66-60(63)54-51-48-45-42-39-36-27-24-21-18-15-12-9-6-3)68-62(65)56-53-50-47-44-41-38-35-32-29-26-23-20-17-14-11-8-5-2/h17,20,24,26-27,29,35,38,44,47,59H,4-16,18-19,21-23,25,28,30-34,36-37,39-43,45-46,48-58H2,1-3H3/b20-17+,27-24+,29-26+,38-35+,47-44+/t59-/m1/s1. The minimum absolute atomic E-state index is 0.0958. The number of carbonyl (C=O) groups excluding carboxylic acids is 3. The maximum Gasteiger partial charge on any atom is 0.306 e. The molecule has 0 saturated heterocycles. The Morgan fingerprint density at radius 3 is 0.912 bits per heavy atom. The Hall–Kier alpha value is -2.89. The van der Waals surface area contributed by atoms with E-state index >= 15 is 0 Å². The van der Waals surface area contributed by atoms with Gasteiger partial charge in [-0.15, -0.1) is 0 Å². The van der Waals surface area contributed by atoms with Crippen LogP contribution in [0.15, 0.2) is 60.8 Å². The van der Waals surface area contributed by atoms with E-state index in [1.807, 2.05) is 0 Å². The van der Waals surface area contributed by atoms with Crippen LogP contribution in [0.25, 0.3) is 0 Å². The Labute approximate surface area is 421 Å². The highest BCUT2D eigenvalue weighted by Crippen LogP contribution is 2.16. The van der Waals surface area contributed by atoms with Gasteiger partial charge < -0.3 is 14.2 Å². The summed E-state index contributed by atoms with van der Waals surface area (Å²) in [6.45, 7) is 6.58. The highest BCUT2D eigenvalue weighted by atomic mass is 16.6. The van der Waals surface area contributed by atoms with Gasteiger partial charge in [-0.1, -0.05) is 255 Å². The second-order valence-corrected chi connectivity index (χ2v) is 19.6. The zero-order chi connectivity index (χ0) is 49.3. The molecule has 6 nitrogen and oxygen atoms in total. The smallest absolute Gasteiger partial charge is 0.306 e. The highest BCUT2D eigenvalue weighted by molar-refractivity contribution is 5.71. The van der Waals surface area contributed by atoms with E-state index in [4.69, 9.17) is 14.2 Å². The number of ether oxygens (including phenoxy) is 3. The maximum atomic E-state index is 12.8. The summed E-state index contributed by atoms with van der Waals surface area (Å²) in [4.78, 5) is 38.1. The number of allylic oxidation sites excluding steroid dienone is 10. The van der Waals surface area contributed by atoms with Crippen molar-refractivity contribution < 1.29 is 28.6 Å². The largest absolute Gasteiger partial charge is 0.462 e. The van der Waals surface area contributed by atoms with Crippen molar-refractivity contribution in [2.45, 2.75) is 303 Å². The average Bonchev–Trinajstić information content (AvgIpc) is 3.34. The van der Waals surface area contributed by atoms with Crippen LogP contribution in [0.4, 0.5) is 0 Å². The first kappa shape index (κ1) is 65.1. The molecule has 0 fully saturated rings. The van der Waals surface area contributed by atoms with Gasteiger partial charge in [-0.2, -0.15) is 0 Å². The quantitative estimate of drug-likeness (QED) is 0.0262. The molecule has 0 aromatic rings. The Morgan fingerprint density at radius 2 is 0.544 bits per heavy atom. The summed E-state index contributed by atoms with van der Waals surface area (Å²) in [5, 5.41) is 0. The van der Waals surface area contributed by atoms with E-state index in [1.54, 1.807) is 0 Å². The van der Waals surface area contributed by atoms with E-state index in [0.717, 1.165) is 70.6 Å². The molecular weight excluding hydrogens is 841 g/mol. The molecule has 0 aromatic heterocycles. The van der Waals surface area contributed by atoms with E-state index in [0.29, 0.717) is 19.3 Å². The summed E-state index contributed by atoms with van der Waals surface area (Å²) in [7, 11) is 0. The van der Waals surface area contributed by atoms with Gasteiger partial charge in [0.05, 0.1) is 0 Å². The van der Waals surface area contributed by atoms with Gasteiger partial charge in [0.1, 0.15) is 13.2 Å². The van der Waals surface area contributed by atoms with E-state index in [2.05, 4.69) is 81.5 Å². The van der Waals surface area contributed by atoms with Crippen LogP contribution in [-0.4, -0.2) is 37.2 Å². The van der Waals surface area contributed by atoms with Gasteiger partial charge in [0.15, 0.2) is 6.10 Å². The molecule has 0 aliphatic carbocycles. The molecule has 0 amide bonds. The SMILES string of the molecule is CCCCC/C=C/C/C=C/C/C=C/C/C=C/CCCC(=O)O[C@H](COC(=O)CCCCCCC/C=C/CCCCCCC)COC(=O)CCCCCCCCCCCCCCCCCCCCC. The molecule has 0 aromatic carbocycles. The van der Waals surface area contributed by atoms with E-state index in [1.165, 1.54) is 180 Å². The van der Waals surface area contributed by atoms with Crippen molar-refractivity contribution in [3.8, 4) is 0 Å². The van der Waals surface area contributed by atoms with Crippen LogP contribution in [0.3, 0.4) is 0 Å². The van der Waals surface area contributed by atoms with Crippen molar-refractivity contribution in [3.63, 3.8) is 0 Å². The zero-order valence-corrected chi connectivity index (χ0v) is 45.1. The van der Waals surface area contributed by atoms with E-state index < -0.39 is 6.10 Å². The molecule has 0 N–H and O–H groups in total. The van der Waals surface area contributed by atoms with Crippen LogP contribution in [-0.2, 0) is 28.6 Å². The van der Waals surface area contributed by atoms with Crippen molar-refractivity contribution in [2.24, 2.45) is 0 Å². The molecule has 0 bridgehead atoms. The molecule has 0 unspecified atom stereocenters. The van der Waals surface area contributed by atoms with Gasteiger partial charge in [-0.3, -0.25) is 14.4 Å². The lowest BCUT2D eigenvalue weighted by Crippen LogP contribution is -2.30. The average molecular weight is 952 g/mol. The summed E-state index contributed by atoms with van der Waals surface area (Å²) in [6, 6.07) is 0. The Kier molecular flexibility index (Phi) is 54.3.